The number of rotatable bonds is 3. The van der Waals surface area contributed by atoms with Crippen LogP contribution in [-0.2, 0) is 4.79 Å². The Morgan fingerprint density at radius 3 is 2.72 bits per heavy atom. The second kappa shape index (κ2) is 4.51. The van der Waals surface area contributed by atoms with E-state index in [1.807, 2.05) is 0 Å². The van der Waals surface area contributed by atoms with E-state index in [-0.39, 0.29) is 18.5 Å². The number of nitrogens with two attached hydrogens (primary N) is 1. The predicted molar refractivity (Wildman–Crippen MR) is 65.7 cm³/mol. The van der Waals surface area contributed by atoms with E-state index in [0.717, 1.165) is 32.0 Å². The van der Waals surface area contributed by atoms with Gasteiger partial charge in [0.15, 0.2) is 0 Å². The van der Waals surface area contributed by atoms with Gasteiger partial charge in [0.1, 0.15) is 0 Å². The molecule has 0 aromatic carbocycles. The van der Waals surface area contributed by atoms with Gasteiger partial charge in [-0.05, 0) is 24.7 Å². The molecule has 2 saturated heterocycles. The molecule has 3 N–H and O–H groups in total. The molecule has 0 spiro atoms. The van der Waals surface area contributed by atoms with Gasteiger partial charge in [0.25, 0.3) is 0 Å². The number of hydrogen-bond donors (Lipinski definition) is 2. The summed E-state index contributed by atoms with van der Waals surface area (Å²) in [6.07, 6.45) is 2.38. The van der Waals surface area contributed by atoms with Crippen LogP contribution in [-0.4, -0.2) is 60.5 Å². The zero-order valence-electron chi connectivity index (χ0n) is 10.5. The first kappa shape index (κ1) is 11.9. The van der Waals surface area contributed by atoms with Crippen molar-refractivity contribution in [3.8, 4) is 0 Å². The zero-order chi connectivity index (χ0) is 12.7. The van der Waals surface area contributed by atoms with Crippen molar-refractivity contribution in [2.24, 2.45) is 17.6 Å². The third-order valence-corrected chi connectivity index (χ3v) is 4.56. The maximum Gasteiger partial charge on any atom is 0.324 e. The molecule has 6 heteroatoms. The fourth-order valence-corrected chi connectivity index (χ4v) is 3.51. The second-order valence-corrected chi connectivity index (χ2v) is 5.63. The molecule has 0 bridgehead atoms. The topological polar surface area (TPSA) is 78.7 Å². The smallest absolute Gasteiger partial charge is 0.324 e. The summed E-state index contributed by atoms with van der Waals surface area (Å²) < 4.78 is 0. The maximum absolute atomic E-state index is 11.4. The van der Waals surface area contributed by atoms with Gasteiger partial charge < -0.3 is 16.0 Å². The molecule has 6 nitrogen and oxygen atoms in total. The van der Waals surface area contributed by atoms with Gasteiger partial charge in [-0.25, -0.2) is 4.79 Å². The zero-order valence-corrected chi connectivity index (χ0v) is 10.5. The molecule has 3 unspecified atom stereocenters. The number of urea groups is 1. The van der Waals surface area contributed by atoms with Gasteiger partial charge in [-0.3, -0.25) is 9.69 Å². The standard InChI is InChI=1S/C12H20N4O2/c13-10-2-1-8-6-15(7-9(8)10)3-4-16-11(17)5-14-12(16)18/h8-10H,1-7,13H2,(H,14,18). The van der Waals surface area contributed by atoms with Crippen LogP contribution in [0.1, 0.15) is 12.8 Å². The molecule has 0 radical (unpaired) electrons. The van der Waals surface area contributed by atoms with E-state index in [9.17, 15) is 9.59 Å². The van der Waals surface area contributed by atoms with E-state index in [1.54, 1.807) is 0 Å². The van der Waals surface area contributed by atoms with E-state index in [4.69, 9.17) is 5.73 Å². The molecule has 3 aliphatic rings. The summed E-state index contributed by atoms with van der Waals surface area (Å²) in [4.78, 5) is 26.5. The van der Waals surface area contributed by atoms with Gasteiger partial charge in [0, 0.05) is 32.2 Å². The Labute approximate surface area is 106 Å². The lowest BCUT2D eigenvalue weighted by Gasteiger charge is -2.20. The minimum atomic E-state index is -0.254. The van der Waals surface area contributed by atoms with Crippen molar-refractivity contribution in [1.29, 1.82) is 0 Å². The normalized spacial score (nSPS) is 36.3. The number of fused-ring (bicyclic) bond motifs is 1. The molecule has 3 fully saturated rings. The number of hydrogen-bond acceptors (Lipinski definition) is 4. The maximum atomic E-state index is 11.4. The van der Waals surface area contributed by atoms with Crippen LogP contribution in [0.15, 0.2) is 0 Å². The number of imide groups is 1. The van der Waals surface area contributed by atoms with Crippen LogP contribution >= 0.6 is 0 Å². The molecule has 2 aliphatic heterocycles. The van der Waals surface area contributed by atoms with Gasteiger partial charge in [-0.2, -0.15) is 0 Å². The van der Waals surface area contributed by atoms with Crippen LogP contribution in [0.5, 0.6) is 0 Å². The van der Waals surface area contributed by atoms with Crippen LogP contribution in [0.25, 0.3) is 0 Å². The number of likely N-dealkylation sites (tertiary alicyclic amines) is 1. The van der Waals surface area contributed by atoms with Crippen LogP contribution in [0.3, 0.4) is 0 Å². The Morgan fingerprint density at radius 2 is 2.06 bits per heavy atom. The highest BCUT2D eigenvalue weighted by atomic mass is 16.2. The van der Waals surface area contributed by atoms with Crippen molar-refractivity contribution in [2.45, 2.75) is 18.9 Å². The molecule has 0 aromatic heterocycles. The van der Waals surface area contributed by atoms with Gasteiger partial charge in [0.2, 0.25) is 5.91 Å². The van der Waals surface area contributed by atoms with E-state index in [2.05, 4.69) is 10.2 Å². The van der Waals surface area contributed by atoms with Crippen molar-refractivity contribution in [3.63, 3.8) is 0 Å². The van der Waals surface area contributed by atoms with Crippen LogP contribution < -0.4 is 11.1 Å². The molecule has 100 valence electrons. The van der Waals surface area contributed by atoms with Gasteiger partial charge in [0.05, 0.1) is 6.54 Å². The Bertz CT molecular complexity index is 357. The second-order valence-electron chi connectivity index (χ2n) is 5.63. The van der Waals surface area contributed by atoms with E-state index in [0.29, 0.717) is 18.5 Å². The lowest BCUT2D eigenvalue weighted by atomic mass is 9.98. The molecular weight excluding hydrogens is 232 g/mol. The lowest BCUT2D eigenvalue weighted by Crippen LogP contribution is -2.39. The Balaban J connectivity index is 1.50. The molecule has 18 heavy (non-hydrogen) atoms. The highest BCUT2D eigenvalue weighted by Crippen LogP contribution is 2.36. The quantitative estimate of drug-likeness (QED) is 0.645. The van der Waals surface area contributed by atoms with E-state index in [1.165, 1.54) is 11.3 Å². The summed E-state index contributed by atoms with van der Waals surface area (Å²) in [7, 11) is 0. The minimum absolute atomic E-state index is 0.115. The Kier molecular flexibility index (Phi) is 2.99. The van der Waals surface area contributed by atoms with Crippen molar-refractivity contribution in [3.05, 3.63) is 0 Å². The van der Waals surface area contributed by atoms with Crippen molar-refractivity contribution in [2.75, 3.05) is 32.7 Å². The summed E-state index contributed by atoms with van der Waals surface area (Å²) in [5.74, 6) is 1.23. The average molecular weight is 252 g/mol. The largest absolute Gasteiger partial charge is 0.329 e. The first-order valence-corrected chi connectivity index (χ1v) is 6.71. The molecule has 2 heterocycles. The molecule has 3 atom stereocenters. The highest BCUT2D eigenvalue weighted by Gasteiger charge is 2.41. The first-order valence-electron chi connectivity index (χ1n) is 6.71. The number of carbonyl (C=O) groups is 2. The summed E-state index contributed by atoms with van der Waals surface area (Å²) in [6, 6.07) is 0.0906. The van der Waals surface area contributed by atoms with Crippen LogP contribution in [0.4, 0.5) is 4.79 Å². The monoisotopic (exact) mass is 252 g/mol. The average Bonchev–Trinajstić information content (AvgIpc) is 2.97. The van der Waals surface area contributed by atoms with Gasteiger partial charge in [-0.1, -0.05) is 0 Å². The van der Waals surface area contributed by atoms with E-state index < -0.39 is 0 Å². The summed E-state index contributed by atoms with van der Waals surface area (Å²) in [5.41, 5.74) is 6.09. The molecule has 0 aromatic rings. The van der Waals surface area contributed by atoms with Gasteiger partial charge in [-0.15, -0.1) is 0 Å². The van der Waals surface area contributed by atoms with E-state index >= 15 is 0 Å². The van der Waals surface area contributed by atoms with Crippen molar-refractivity contribution < 1.29 is 9.59 Å². The van der Waals surface area contributed by atoms with Crippen molar-refractivity contribution in [1.82, 2.24) is 15.1 Å². The highest BCUT2D eigenvalue weighted by molar-refractivity contribution is 6.01. The Hall–Kier alpha value is -1.14. The van der Waals surface area contributed by atoms with Crippen molar-refractivity contribution >= 4 is 11.9 Å². The fourth-order valence-electron chi connectivity index (χ4n) is 3.51. The van der Waals surface area contributed by atoms with Crippen LogP contribution in [0.2, 0.25) is 0 Å². The Morgan fingerprint density at radius 1 is 1.22 bits per heavy atom. The van der Waals surface area contributed by atoms with Crippen LogP contribution in [0, 0.1) is 11.8 Å². The molecule has 3 amide bonds. The molecule has 3 rings (SSSR count). The summed E-state index contributed by atoms with van der Waals surface area (Å²) >= 11 is 0. The number of carbonyl (C=O) groups excluding carboxylic acids is 2. The fraction of sp³-hybridized carbons (Fsp3) is 0.833. The SMILES string of the molecule is NC1CCC2CN(CCN3C(=O)CNC3=O)CC12. The minimum Gasteiger partial charge on any atom is -0.329 e. The lowest BCUT2D eigenvalue weighted by molar-refractivity contribution is -0.125. The number of nitrogens with zero attached hydrogens (tertiary/aromatic N) is 2. The molecule has 1 saturated carbocycles. The number of amides is 3. The molecular formula is C12H20N4O2. The summed E-state index contributed by atoms with van der Waals surface area (Å²) in [6.45, 7) is 3.52. The number of nitrogens with one attached hydrogen (secondary N) is 1. The third kappa shape index (κ3) is 1.99. The predicted octanol–water partition coefficient (Wildman–Crippen LogP) is -0.793. The molecule has 1 aliphatic carbocycles. The van der Waals surface area contributed by atoms with Gasteiger partial charge >= 0.3 is 6.03 Å². The first-order chi connectivity index (χ1) is 8.65. The third-order valence-electron chi connectivity index (χ3n) is 4.56. The summed E-state index contributed by atoms with van der Waals surface area (Å²) in [5, 5.41) is 2.54.